The SMILES string of the molecule is Nc1ccccc1C1=CC=C=C=C1Cc1ccccc1-c1ccccc1. The Morgan fingerprint density at radius 3 is 2.23 bits per heavy atom. The number of anilines is 1. The first-order chi connectivity index (χ1) is 12.8. The van der Waals surface area contributed by atoms with Crippen molar-refractivity contribution in [2.45, 2.75) is 6.42 Å². The zero-order valence-electron chi connectivity index (χ0n) is 14.4. The summed E-state index contributed by atoms with van der Waals surface area (Å²) < 4.78 is 0. The van der Waals surface area contributed by atoms with Crippen molar-refractivity contribution in [3.8, 4) is 11.1 Å². The lowest BCUT2D eigenvalue weighted by Gasteiger charge is -2.16. The van der Waals surface area contributed by atoms with Crippen molar-refractivity contribution < 1.29 is 0 Å². The molecule has 4 rings (SSSR count). The molecule has 0 spiro atoms. The molecule has 0 atom stereocenters. The summed E-state index contributed by atoms with van der Waals surface area (Å²) >= 11 is 0. The van der Waals surface area contributed by atoms with Crippen LogP contribution in [0.5, 0.6) is 0 Å². The van der Waals surface area contributed by atoms with Crippen molar-refractivity contribution >= 4 is 11.3 Å². The minimum atomic E-state index is 0.782. The van der Waals surface area contributed by atoms with Gasteiger partial charge in [0, 0.05) is 23.2 Å². The average Bonchev–Trinajstić information content (AvgIpc) is 2.70. The van der Waals surface area contributed by atoms with Crippen LogP contribution in [0.2, 0.25) is 0 Å². The topological polar surface area (TPSA) is 26.0 Å². The highest BCUT2D eigenvalue weighted by molar-refractivity contribution is 5.87. The molecule has 0 unspecified atom stereocenters. The summed E-state index contributed by atoms with van der Waals surface area (Å²) in [6, 6.07) is 27.0. The van der Waals surface area contributed by atoms with Crippen LogP contribution < -0.4 is 5.73 Å². The highest BCUT2D eigenvalue weighted by Crippen LogP contribution is 2.33. The molecule has 0 heterocycles. The van der Waals surface area contributed by atoms with Gasteiger partial charge >= 0.3 is 0 Å². The maximum Gasteiger partial charge on any atom is 0.0394 e. The molecule has 1 aliphatic rings. The van der Waals surface area contributed by atoms with Crippen LogP contribution >= 0.6 is 0 Å². The number of hydrogen-bond acceptors (Lipinski definition) is 1. The molecule has 1 heteroatoms. The Morgan fingerprint density at radius 2 is 1.42 bits per heavy atom. The molecule has 0 aliphatic heterocycles. The van der Waals surface area contributed by atoms with Crippen LogP contribution in [0.3, 0.4) is 0 Å². The summed E-state index contributed by atoms with van der Waals surface area (Å²) in [4.78, 5) is 0. The van der Waals surface area contributed by atoms with Crippen LogP contribution in [0, 0.1) is 0 Å². The Hall–Kier alpha value is -3.50. The number of nitrogen functional groups attached to an aromatic ring is 1. The smallest absolute Gasteiger partial charge is 0.0394 e. The Bertz CT molecular complexity index is 1070. The van der Waals surface area contributed by atoms with Crippen molar-refractivity contribution in [3.63, 3.8) is 0 Å². The van der Waals surface area contributed by atoms with Crippen LogP contribution in [-0.4, -0.2) is 0 Å². The minimum Gasteiger partial charge on any atom is -0.398 e. The fraction of sp³-hybridized carbons (Fsp3) is 0.0400. The van der Waals surface area contributed by atoms with E-state index in [1.165, 1.54) is 16.7 Å². The maximum atomic E-state index is 6.21. The molecular formula is C25H19N. The lowest BCUT2D eigenvalue weighted by Crippen LogP contribution is -2.00. The quantitative estimate of drug-likeness (QED) is 0.473. The van der Waals surface area contributed by atoms with Crippen molar-refractivity contribution in [2.24, 2.45) is 0 Å². The molecule has 0 saturated heterocycles. The largest absolute Gasteiger partial charge is 0.398 e. The molecule has 3 aromatic rings. The van der Waals surface area contributed by atoms with Gasteiger partial charge in [-0.1, -0.05) is 84.3 Å². The number of benzene rings is 3. The molecule has 0 saturated carbocycles. The van der Waals surface area contributed by atoms with Gasteiger partial charge in [0.25, 0.3) is 0 Å². The molecule has 0 aromatic heterocycles. The van der Waals surface area contributed by atoms with Gasteiger partial charge in [-0.15, -0.1) is 0 Å². The van der Waals surface area contributed by atoms with Crippen molar-refractivity contribution in [3.05, 3.63) is 119 Å². The van der Waals surface area contributed by atoms with Gasteiger partial charge in [-0.3, -0.25) is 0 Å². The third kappa shape index (κ3) is 3.18. The van der Waals surface area contributed by atoms with E-state index in [4.69, 9.17) is 5.73 Å². The number of allylic oxidation sites excluding steroid dienone is 4. The summed E-state index contributed by atoms with van der Waals surface area (Å²) in [5.41, 5.74) is 20.4. The van der Waals surface area contributed by atoms with Gasteiger partial charge in [-0.2, -0.15) is 0 Å². The Morgan fingerprint density at radius 1 is 0.731 bits per heavy atom. The molecular weight excluding hydrogens is 314 g/mol. The Balaban J connectivity index is 1.74. The second-order valence-electron chi connectivity index (χ2n) is 6.28. The van der Waals surface area contributed by atoms with Gasteiger partial charge < -0.3 is 5.73 Å². The van der Waals surface area contributed by atoms with Crippen LogP contribution in [0.15, 0.2) is 108 Å². The summed E-state index contributed by atoms with van der Waals surface area (Å²) in [6.07, 6.45) is 4.75. The number of para-hydroxylation sites is 1. The zero-order valence-corrected chi connectivity index (χ0v) is 14.4. The summed E-state index contributed by atoms with van der Waals surface area (Å²) in [5, 5.41) is 0. The molecule has 0 amide bonds. The van der Waals surface area contributed by atoms with E-state index in [-0.39, 0.29) is 0 Å². The third-order valence-corrected chi connectivity index (χ3v) is 4.60. The number of rotatable bonds is 4. The van der Waals surface area contributed by atoms with Gasteiger partial charge in [0.2, 0.25) is 0 Å². The van der Waals surface area contributed by atoms with Gasteiger partial charge in [0.05, 0.1) is 0 Å². The molecule has 1 aliphatic carbocycles. The predicted octanol–water partition coefficient (Wildman–Crippen LogP) is 5.81. The first-order valence-corrected chi connectivity index (χ1v) is 8.72. The average molecular weight is 333 g/mol. The predicted molar refractivity (Wildman–Crippen MR) is 110 cm³/mol. The summed E-state index contributed by atoms with van der Waals surface area (Å²) in [5.74, 6) is 0. The zero-order chi connectivity index (χ0) is 17.8. The normalized spacial score (nSPS) is 12.6. The second kappa shape index (κ2) is 7.17. The summed E-state index contributed by atoms with van der Waals surface area (Å²) in [7, 11) is 0. The van der Waals surface area contributed by atoms with Crippen LogP contribution in [0.1, 0.15) is 11.1 Å². The molecule has 0 radical (unpaired) electrons. The lowest BCUT2D eigenvalue weighted by atomic mass is 9.88. The molecule has 1 nitrogen and oxygen atoms in total. The number of nitrogens with two attached hydrogens (primary N) is 1. The van der Waals surface area contributed by atoms with Crippen LogP contribution in [0.25, 0.3) is 16.7 Å². The first kappa shape index (κ1) is 16.0. The van der Waals surface area contributed by atoms with E-state index >= 15 is 0 Å². The van der Waals surface area contributed by atoms with Gasteiger partial charge in [0.15, 0.2) is 0 Å². The molecule has 2 N–H and O–H groups in total. The van der Waals surface area contributed by atoms with Crippen molar-refractivity contribution in [1.29, 1.82) is 0 Å². The third-order valence-electron chi connectivity index (χ3n) is 4.60. The Kier molecular flexibility index (Phi) is 4.41. The van der Waals surface area contributed by atoms with Crippen molar-refractivity contribution in [2.75, 3.05) is 5.73 Å². The summed E-state index contributed by atoms with van der Waals surface area (Å²) in [6.45, 7) is 0. The van der Waals surface area contributed by atoms with E-state index in [0.717, 1.165) is 28.8 Å². The van der Waals surface area contributed by atoms with E-state index in [2.05, 4.69) is 72.1 Å². The maximum absolute atomic E-state index is 6.21. The monoisotopic (exact) mass is 333 g/mol. The fourth-order valence-corrected chi connectivity index (χ4v) is 3.32. The molecule has 26 heavy (non-hydrogen) atoms. The van der Waals surface area contributed by atoms with Crippen LogP contribution in [0.4, 0.5) is 5.69 Å². The van der Waals surface area contributed by atoms with Crippen LogP contribution in [-0.2, 0) is 6.42 Å². The highest BCUT2D eigenvalue weighted by Gasteiger charge is 2.14. The van der Waals surface area contributed by atoms with Gasteiger partial charge in [-0.25, -0.2) is 0 Å². The lowest BCUT2D eigenvalue weighted by molar-refractivity contribution is 1.21. The second-order valence-corrected chi connectivity index (χ2v) is 6.28. The number of hydrogen-bond donors (Lipinski definition) is 1. The fourth-order valence-electron chi connectivity index (χ4n) is 3.32. The molecule has 0 bridgehead atoms. The van der Waals surface area contributed by atoms with E-state index in [1.807, 2.05) is 30.3 Å². The molecule has 124 valence electrons. The van der Waals surface area contributed by atoms with Gasteiger partial charge in [-0.05, 0) is 40.5 Å². The highest BCUT2D eigenvalue weighted by atomic mass is 14.6. The van der Waals surface area contributed by atoms with E-state index in [1.54, 1.807) is 0 Å². The van der Waals surface area contributed by atoms with Crippen molar-refractivity contribution in [1.82, 2.24) is 0 Å². The first-order valence-electron chi connectivity index (χ1n) is 8.72. The van der Waals surface area contributed by atoms with E-state index < -0.39 is 0 Å². The van der Waals surface area contributed by atoms with E-state index in [9.17, 15) is 0 Å². The molecule has 0 fully saturated rings. The van der Waals surface area contributed by atoms with E-state index in [0.29, 0.717) is 0 Å². The minimum absolute atomic E-state index is 0.782. The standard InChI is InChI=1S/C25H19N/c26-25-17-9-8-16-24(25)23-15-7-5-13-21(23)18-20-12-4-6-14-22(20)19-10-2-1-3-11-19/h1-4,6-12,14-17H,18,26H2. The molecule has 3 aromatic carbocycles. The Labute approximate surface area is 154 Å². The van der Waals surface area contributed by atoms with Gasteiger partial charge in [0.1, 0.15) is 0 Å².